The van der Waals surface area contributed by atoms with Crippen LogP contribution < -0.4 is 0 Å². The van der Waals surface area contributed by atoms with Crippen LogP contribution in [0.2, 0.25) is 0 Å². The molecule has 0 amide bonds. The normalized spacial score (nSPS) is 11.0. The molecule has 144 valence electrons. The molecule has 0 N–H and O–H groups in total. The molecule has 0 aliphatic heterocycles. The van der Waals surface area contributed by atoms with Crippen LogP contribution in [0, 0.1) is 0 Å². The number of nitrogens with zero attached hydrogens (tertiary/aromatic N) is 3. The molecule has 0 bridgehead atoms. The van der Waals surface area contributed by atoms with Gasteiger partial charge in [0, 0.05) is 21.6 Å². The van der Waals surface area contributed by atoms with Crippen LogP contribution in [0.25, 0.3) is 39.1 Å². The number of carbonyl (C=O) groups excluding carboxylic acids is 1. The Balaban J connectivity index is 1.74. The summed E-state index contributed by atoms with van der Waals surface area (Å²) in [5.74, 6) is 0.661. The summed E-state index contributed by atoms with van der Waals surface area (Å²) in [7, 11) is 0. The van der Waals surface area contributed by atoms with E-state index in [-0.39, 0.29) is 0 Å². The third-order valence-corrected chi connectivity index (χ3v) is 5.49. The Morgan fingerprint density at radius 1 is 0.833 bits per heavy atom. The topological polar surface area (TPSA) is 47.8 Å². The highest BCUT2D eigenvalue weighted by Crippen LogP contribution is 2.32. The van der Waals surface area contributed by atoms with Crippen molar-refractivity contribution in [1.82, 2.24) is 14.8 Å². The van der Waals surface area contributed by atoms with Crippen LogP contribution in [0.5, 0.6) is 0 Å². The first kappa shape index (κ1) is 18.5. The number of fused-ring (bicyclic) bond motifs is 1. The largest absolute Gasteiger partial charge is 0.298 e. The second kappa shape index (κ2) is 7.69. The molecule has 2 aromatic heterocycles. The van der Waals surface area contributed by atoms with E-state index < -0.39 is 0 Å². The van der Waals surface area contributed by atoms with Crippen LogP contribution in [0.15, 0.2) is 95.6 Å². The van der Waals surface area contributed by atoms with Crippen molar-refractivity contribution in [1.29, 1.82) is 0 Å². The summed E-state index contributed by atoms with van der Waals surface area (Å²) in [6.07, 6.45) is 2.57. The summed E-state index contributed by atoms with van der Waals surface area (Å²) in [5, 5.41) is 5.74. The van der Waals surface area contributed by atoms with E-state index in [1.54, 1.807) is 10.9 Å². The zero-order chi connectivity index (χ0) is 20.5. The third kappa shape index (κ3) is 3.33. The van der Waals surface area contributed by atoms with Crippen molar-refractivity contribution in [3.63, 3.8) is 0 Å². The summed E-state index contributed by atoms with van der Waals surface area (Å²) < 4.78 is 2.68. The predicted octanol–water partition coefficient (Wildman–Crippen LogP) is 6.33. The van der Waals surface area contributed by atoms with Gasteiger partial charge in [0.05, 0.1) is 11.1 Å². The summed E-state index contributed by atoms with van der Waals surface area (Å²) in [6, 6.07) is 27.9. The maximum Gasteiger partial charge on any atom is 0.154 e. The van der Waals surface area contributed by atoms with Gasteiger partial charge in [-0.05, 0) is 35.4 Å². The van der Waals surface area contributed by atoms with Crippen LogP contribution in [-0.2, 0) is 0 Å². The lowest BCUT2D eigenvalue weighted by Gasteiger charge is -2.10. The van der Waals surface area contributed by atoms with Crippen molar-refractivity contribution in [3.8, 4) is 28.2 Å². The van der Waals surface area contributed by atoms with Gasteiger partial charge in [-0.25, -0.2) is 9.67 Å². The van der Waals surface area contributed by atoms with Gasteiger partial charge in [0.25, 0.3) is 0 Å². The first-order valence-corrected chi connectivity index (χ1v) is 10.3. The Morgan fingerprint density at radius 2 is 1.53 bits per heavy atom. The Labute approximate surface area is 182 Å². The molecule has 5 rings (SSSR count). The number of rotatable bonds is 4. The second-order valence-electron chi connectivity index (χ2n) is 6.92. The van der Waals surface area contributed by atoms with Gasteiger partial charge in [-0.1, -0.05) is 76.6 Å². The number of hydrogen-bond acceptors (Lipinski definition) is 3. The Bertz CT molecular complexity index is 1360. The standard InChI is InChI=1S/C25H16BrN3O/c26-20-11-12-23-22(13-20)21(17-7-3-1-4-8-17)14-24(27-23)29-15-19(16-30)25(28-29)18-9-5-2-6-10-18/h1-16H. The number of halogens is 1. The van der Waals surface area contributed by atoms with Gasteiger partial charge in [0.2, 0.25) is 0 Å². The average Bonchev–Trinajstić information content (AvgIpc) is 3.24. The Kier molecular flexibility index (Phi) is 4.73. The fraction of sp³-hybridized carbons (Fsp3) is 0. The molecule has 0 aliphatic carbocycles. The van der Waals surface area contributed by atoms with Crippen LogP contribution in [-0.4, -0.2) is 21.1 Å². The van der Waals surface area contributed by atoms with Crippen molar-refractivity contribution in [3.05, 3.63) is 101 Å². The summed E-state index contributed by atoms with van der Waals surface area (Å²) in [4.78, 5) is 16.5. The number of benzene rings is 3. The predicted molar refractivity (Wildman–Crippen MR) is 123 cm³/mol. The lowest BCUT2D eigenvalue weighted by Crippen LogP contribution is -2.00. The molecule has 0 spiro atoms. The fourth-order valence-electron chi connectivity index (χ4n) is 3.57. The molecule has 0 atom stereocenters. The second-order valence-corrected chi connectivity index (χ2v) is 7.83. The minimum absolute atomic E-state index is 0.528. The number of pyridine rings is 1. The van der Waals surface area contributed by atoms with E-state index in [9.17, 15) is 4.79 Å². The smallest absolute Gasteiger partial charge is 0.154 e. The van der Waals surface area contributed by atoms with Crippen LogP contribution in [0.1, 0.15) is 10.4 Å². The van der Waals surface area contributed by atoms with Gasteiger partial charge in [-0.15, -0.1) is 0 Å². The molecule has 5 heteroatoms. The van der Waals surface area contributed by atoms with E-state index in [0.717, 1.165) is 38.4 Å². The van der Waals surface area contributed by atoms with E-state index in [1.165, 1.54) is 0 Å². The highest BCUT2D eigenvalue weighted by atomic mass is 79.9. The molecule has 0 unspecified atom stereocenters. The number of aromatic nitrogens is 3. The molecule has 30 heavy (non-hydrogen) atoms. The third-order valence-electron chi connectivity index (χ3n) is 4.99. The van der Waals surface area contributed by atoms with Crippen molar-refractivity contribution in [2.24, 2.45) is 0 Å². The van der Waals surface area contributed by atoms with Gasteiger partial charge >= 0.3 is 0 Å². The summed E-state index contributed by atoms with van der Waals surface area (Å²) in [6.45, 7) is 0. The summed E-state index contributed by atoms with van der Waals surface area (Å²) in [5.41, 5.74) is 5.08. The number of aldehydes is 1. The van der Waals surface area contributed by atoms with Crippen molar-refractivity contribution < 1.29 is 4.79 Å². The van der Waals surface area contributed by atoms with E-state index in [0.29, 0.717) is 17.1 Å². The highest BCUT2D eigenvalue weighted by Gasteiger charge is 2.15. The van der Waals surface area contributed by atoms with Crippen LogP contribution >= 0.6 is 15.9 Å². The van der Waals surface area contributed by atoms with E-state index in [4.69, 9.17) is 10.1 Å². The summed E-state index contributed by atoms with van der Waals surface area (Å²) >= 11 is 3.57. The molecule has 3 aromatic carbocycles. The molecule has 5 aromatic rings. The minimum Gasteiger partial charge on any atom is -0.298 e. The average molecular weight is 454 g/mol. The number of carbonyl (C=O) groups is 1. The van der Waals surface area contributed by atoms with Gasteiger partial charge in [0.15, 0.2) is 12.1 Å². The first-order valence-electron chi connectivity index (χ1n) is 9.49. The quantitative estimate of drug-likeness (QED) is 0.298. The van der Waals surface area contributed by atoms with Gasteiger partial charge in [-0.2, -0.15) is 5.10 Å². The van der Waals surface area contributed by atoms with Crippen molar-refractivity contribution in [2.45, 2.75) is 0 Å². The molecular weight excluding hydrogens is 438 g/mol. The highest BCUT2D eigenvalue weighted by molar-refractivity contribution is 9.10. The monoisotopic (exact) mass is 453 g/mol. The first-order chi connectivity index (χ1) is 14.7. The molecule has 0 radical (unpaired) electrons. The molecule has 0 saturated carbocycles. The molecule has 0 fully saturated rings. The number of hydrogen-bond donors (Lipinski definition) is 0. The maximum atomic E-state index is 11.7. The molecule has 0 aliphatic rings. The van der Waals surface area contributed by atoms with Crippen LogP contribution in [0.3, 0.4) is 0 Å². The Hall–Kier alpha value is -3.57. The maximum absolute atomic E-state index is 11.7. The SMILES string of the molecule is O=Cc1cn(-c2cc(-c3ccccc3)c3cc(Br)ccc3n2)nc1-c1ccccc1. The van der Waals surface area contributed by atoms with Gasteiger partial charge in [0.1, 0.15) is 5.69 Å². The van der Waals surface area contributed by atoms with E-state index in [2.05, 4.69) is 34.1 Å². The van der Waals surface area contributed by atoms with E-state index >= 15 is 0 Å². The molecular formula is C25H16BrN3O. The lowest BCUT2D eigenvalue weighted by molar-refractivity contribution is 0.112. The minimum atomic E-state index is 0.528. The van der Waals surface area contributed by atoms with Crippen molar-refractivity contribution in [2.75, 3.05) is 0 Å². The fourth-order valence-corrected chi connectivity index (χ4v) is 3.93. The van der Waals surface area contributed by atoms with Crippen LogP contribution in [0.4, 0.5) is 0 Å². The van der Waals surface area contributed by atoms with Gasteiger partial charge in [-0.3, -0.25) is 4.79 Å². The van der Waals surface area contributed by atoms with E-state index in [1.807, 2.05) is 66.7 Å². The molecule has 0 saturated heterocycles. The van der Waals surface area contributed by atoms with Gasteiger partial charge < -0.3 is 0 Å². The zero-order valence-electron chi connectivity index (χ0n) is 15.9. The Morgan fingerprint density at radius 3 is 2.23 bits per heavy atom. The lowest BCUT2D eigenvalue weighted by atomic mass is 10.0. The molecule has 2 heterocycles. The molecule has 4 nitrogen and oxygen atoms in total. The van der Waals surface area contributed by atoms with Crippen molar-refractivity contribution >= 4 is 33.1 Å². The zero-order valence-corrected chi connectivity index (χ0v) is 17.5.